The van der Waals surface area contributed by atoms with Crippen molar-refractivity contribution in [2.75, 3.05) is 5.32 Å². The van der Waals surface area contributed by atoms with Gasteiger partial charge in [-0.3, -0.25) is 24.4 Å². The number of amides is 3. The molecule has 3 aliphatic heterocycles. The largest absolute Gasteiger partial charge is 0.381 e. The van der Waals surface area contributed by atoms with Gasteiger partial charge in [-0.15, -0.1) is 0 Å². The van der Waals surface area contributed by atoms with E-state index in [-0.39, 0.29) is 41.7 Å². The van der Waals surface area contributed by atoms with E-state index in [9.17, 15) is 50.1 Å². The van der Waals surface area contributed by atoms with E-state index in [0.29, 0.717) is 30.3 Å². The van der Waals surface area contributed by atoms with Crippen LogP contribution in [0.4, 0.5) is 5.69 Å². The van der Waals surface area contributed by atoms with Crippen LogP contribution in [-0.4, -0.2) is 92.9 Å². The Balaban J connectivity index is 1.28. The van der Waals surface area contributed by atoms with Gasteiger partial charge >= 0.3 is 11.9 Å². The molecule has 2 atom stereocenters. The zero-order valence-electron chi connectivity index (χ0n) is 21.8. The van der Waals surface area contributed by atoms with E-state index in [2.05, 4.69) is 15.4 Å². The maximum atomic E-state index is 13.0. The number of nitrogens with one attached hydrogen (secondary N) is 2. The lowest BCUT2D eigenvalue weighted by atomic mass is 10.0. The summed E-state index contributed by atoms with van der Waals surface area (Å²) in [6.07, 6.45) is 0.402. The number of benzene rings is 2. The summed E-state index contributed by atoms with van der Waals surface area (Å²) in [6, 6.07) is 10.7. The zero-order valence-corrected chi connectivity index (χ0v) is 21.8. The SMILES string of the molecule is CC1(O)OC(O)(O)C(O)(O)N(Cc2ccc(CNc3cccc4c3CN(C3CCC(=O)NC3=O)C4=O)cc2)C1(O)O. The van der Waals surface area contributed by atoms with E-state index >= 15 is 0 Å². The van der Waals surface area contributed by atoms with Crippen LogP contribution in [0.3, 0.4) is 0 Å². The van der Waals surface area contributed by atoms with Gasteiger partial charge in [0, 0.05) is 42.9 Å². The lowest BCUT2D eigenvalue weighted by molar-refractivity contribution is -0.624. The van der Waals surface area contributed by atoms with Crippen LogP contribution in [-0.2, 0) is 34.0 Å². The number of hydrogen-bond acceptors (Lipinski definition) is 13. The van der Waals surface area contributed by atoms with Crippen LogP contribution in [0.5, 0.6) is 0 Å². The highest BCUT2D eigenvalue weighted by Crippen LogP contribution is 2.43. The lowest BCUT2D eigenvalue weighted by Gasteiger charge is -2.56. The monoisotopic (exact) mass is 574 g/mol. The molecule has 0 bridgehead atoms. The number of ether oxygens (including phenoxy) is 1. The number of morpholine rings is 1. The van der Waals surface area contributed by atoms with E-state index in [0.717, 1.165) is 5.56 Å². The average Bonchev–Trinajstić information content (AvgIpc) is 3.21. The Morgan fingerprint density at radius 2 is 1.61 bits per heavy atom. The van der Waals surface area contributed by atoms with Crippen molar-refractivity contribution in [3.63, 3.8) is 0 Å². The van der Waals surface area contributed by atoms with Crippen LogP contribution >= 0.6 is 0 Å². The molecule has 15 heteroatoms. The Morgan fingerprint density at radius 3 is 2.27 bits per heavy atom. The molecule has 2 aromatic carbocycles. The van der Waals surface area contributed by atoms with Gasteiger partial charge in [0.25, 0.3) is 11.8 Å². The van der Waals surface area contributed by atoms with Crippen LogP contribution < -0.4 is 10.6 Å². The molecule has 3 amide bonds. The Kier molecular flexibility index (Phi) is 6.93. The number of carbonyl (C=O) groups is 3. The molecule has 2 unspecified atom stereocenters. The first kappa shape index (κ1) is 29.0. The number of piperidine rings is 1. The van der Waals surface area contributed by atoms with Crippen molar-refractivity contribution in [1.82, 2.24) is 15.1 Å². The predicted octanol–water partition coefficient (Wildman–Crippen LogP) is -2.48. The molecule has 15 nitrogen and oxygen atoms in total. The molecule has 0 saturated carbocycles. The fourth-order valence-corrected chi connectivity index (χ4v) is 5.17. The van der Waals surface area contributed by atoms with Gasteiger partial charge in [-0.25, -0.2) is 0 Å². The van der Waals surface area contributed by atoms with Gasteiger partial charge in [0.1, 0.15) is 6.04 Å². The first-order valence-corrected chi connectivity index (χ1v) is 12.7. The van der Waals surface area contributed by atoms with Gasteiger partial charge in [0.05, 0.1) is 0 Å². The van der Waals surface area contributed by atoms with Crippen molar-refractivity contribution in [1.29, 1.82) is 0 Å². The topological polar surface area (TPSA) is 233 Å². The van der Waals surface area contributed by atoms with E-state index in [4.69, 9.17) is 0 Å². The molecule has 2 aromatic rings. The molecular weight excluding hydrogens is 544 g/mol. The summed E-state index contributed by atoms with van der Waals surface area (Å²) in [4.78, 5) is 38.4. The minimum Gasteiger partial charge on any atom is -0.381 e. The number of hydrogen-bond donors (Lipinski definition) is 9. The second kappa shape index (κ2) is 9.80. The predicted molar refractivity (Wildman–Crippen MR) is 135 cm³/mol. The van der Waals surface area contributed by atoms with Crippen molar-refractivity contribution in [2.24, 2.45) is 0 Å². The van der Waals surface area contributed by atoms with Crippen molar-refractivity contribution in [2.45, 2.75) is 69.0 Å². The molecule has 3 aliphatic rings. The molecule has 2 fully saturated rings. The second-order valence-electron chi connectivity index (χ2n) is 10.5. The molecule has 220 valence electrons. The van der Waals surface area contributed by atoms with Crippen LogP contribution in [0, 0.1) is 0 Å². The summed E-state index contributed by atoms with van der Waals surface area (Å²) in [5.74, 6) is -15.1. The number of fused-ring (bicyclic) bond motifs is 1. The number of anilines is 1. The third-order valence-electron chi connectivity index (χ3n) is 7.58. The molecule has 3 heterocycles. The highest BCUT2D eigenvalue weighted by Gasteiger charge is 2.72. The number of nitrogens with zero attached hydrogens (tertiary/aromatic N) is 2. The van der Waals surface area contributed by atoms with Crippen molar-refractivity contribution in [3.8, 4) is 0 Å². The lowest BCUT2D eigenvalue weighted by Crippen LogP contribution is -2.83. The first-order chi connectivity index (χ1) is 19.0. The van der Waals surface area contributed by atoms with Crippen molar-refractivity contribution in [3.05, 3.63) is 64.7 Å². The maximum absolute atomic E-state index is 13.0. The van der Waals surface area contributed by atoms with Crippen LogP contribution in [0.2, 0.25) is 0 Å². The van der Waals surface area contributed by atoms with E-state index in [1.807, 2.05) is 0 Å². The summed E-state index contributed by atoms with van der Waals surface area (Å²) >= 11 is 0. The number of rotatable bonds is 6. The summed E-state index contributed by atoms with van der Waals surface area (Å²) in [5, 5.41) is 76.7. The number of aliphatic hydroxyl groups is 7. The summed E-state index contributed by atoms with van der Waals surface area (Å²) in [5.41, 5.74) is 2.84. The normalized spacial score (nSPS) is 27.0. The highest BCUT2D eigenvalue weighted by atomic mass is 16.9. The van der Waals surface area contributed by atoms with Gasteiger partial charge < -0.3 is 46.0 Å². The molecule has 0 spiro atoms. The molecule has 0 aromatic heterocycles. The quantitative estimate of drug-likeness (QED) is 0.129. The Morgan fingerprint density at radius 1 is 0.951 bits per heavy atom. The fourth-order valence-electron chi connectivity index (χ4n) is 5.17. The summed E-state index contributed by atoms with van der Waals surface area (Å²) in [7, 11) is 0. The minimum atomic E-state index is -3.78. The van der Waals surface area contributed by atoms with Gasteiger partial charge in [-0.1, -0.05) is 30.3 Å². The number of carbonyl (C=O) groups excluding carboxylic acids is 3. The van der Waals surface area contributed by atoms with E-state index < -0.39 is 42.1 Å². The Bertz CT molecular complexity index is 1360. The molecule has 5 rings (SSSR count). The van der Waals surface area contributed by atoms with E-state index in [1.54, 1.807) is 30.3 Å². The fraction of sp³-hybridized carbons (Fsp3) is 0.423. The molecule has 41 heavy (non-hydrogen) atoms. The van der Waals surface area contributed by atoms with Gasteiger partial charge in [0.2, 0.25) is 17.6 Å². The second-order valence-corrected chi connectivity index (χ2v) is 10.5. The zero-order chi connectivity index (χ0) is 30.0. The smallest absolute Gasteiger partial charge is 0.354 e. The van der Waals surface area contributed by atoms with Gasteiger partial charge in [0.15, 0.2) is 0 Å². The van der Waals surface area contributed by atoms with E-state index in [1.165, 1.54) is 17.0 Å². The standard InChI is InChI=1S/C26H30N4O11/c1-23(34)24(35,36)30(25(37,38)26(39,40)41-23)12-15-7-5-14(6-8-15)11-27-18-4-2-3-16-17(18)13-29(22(16)33)19-9-10-20(31)28-21(19)32/h2-8,19,27,34-40H,9-13H2,1H3,(H,28,31,32). The maximum Gasteiger partial charge on any atom is 0.354 e. The van der Waals surface area contributed by atoms with Crippen molar-refractivity contribution >= 4 is 23.4 Å². The molecule has 2 saturated heterocycles. The Hall–Kier alpha value is -3.51. The van der Waals surface area contributed by atoms with Gasteiger partial charge in [-0.2, -0.15) is 4.90 Å². The molecule has 0 aliphatic carbocycles. The van der Waals surface area contributed by atoms with Crippen LogP contribution in [0.1, 0.15) is 46.8 Å². The van der Waals surface area contributed by atoms with Gasteiger partial charge in [-0.05, 0) is 36.6 Å². The highest BCUT2D eigenvalue weighted by molar-refractivity contribution is 6.06. The molecule has 0 radical (unpaired) electrons. The molecule has 9 N–H and O–H groups in total. The van der Waals surface area contributed by atoms with Crippen molar-refractivity contribution < 1.29 is 54.9 Å². The summed E-state index contributed by atoms with van der Waals surface area (Å²) in [6.45, 7) is 0.515. The third kappa shape index (κ3) is 4.86. The van der Waals surface area contributed by atoms with Crippen LogP contribution in [0.15, 0.2) is 42.5 Å². The molecular formula is C26H30N4O11. The Labute approximate surface area is 232 Å². The van der Waals surface area contributed by atoms with Crippen LogP contribution in [0.25, 0.3) is 0 Å². The average molecular weight is 575 g/mol. The minimum absolute atomic E-state index is 0.0509. The summed E-state index contributed by atoms with van der Waals surface area (Å²) < 4.78 is 4.30. The third-order valence-corrected chi connectivity index (χ3v) is 7.58. The number of imide groups is 1. The first-order valence-electron chi connectivity index (χ1n) is 12.7.